The molecule has 0 bridgehead atoms. The summed E-state index contributed by atoms with van der Waals surface area (Å²) >= 11 is 0. The van der Waals surface area contributed by atoms with Gasteiger partial charge in [-0.05, 0) is 6.92 Å². The van der Waals surface area contributed by atoms with Crippen LogP contribution in [0.5, 0.6) is 0 Å². The Hall–Kier alpha value is -2.63. The molecule has 0 spiro atoms. The highest BCUT2D eigenvalue weighted by Gasteiger charge is 2.18. The van der Waals surface area contributed by atoms with E-state index in [-0.39, 0.29) is 5.69 Å². The van der Waals surface area contributed by atoms with Gasteiger partial charge < -0.3 is 14.8 Å². The van der Waals surface area contributed by atoms with Gasteiger partial charge in [-0.1, -0.05) is 29.8 Å². The third-order valence-corrected chi connectivity index (χ3v) is 2.50. The van der Waals surface area contributed by atoms with Crippen molar-refractivity contribution >= 4 is 11.9 Å². The van der Waals surface area contributed by atoms with Crippen LogP contribution >= 0.6 is 0 Å². The van der Waals surface area contributed by atoms with E-state index in [2.05, 4.69) is 10.3 Å². The van der Waals surface area contributed by atoms with Crippen LogP contribution in [0, 0.1) is 6.92 Å². The van der Waals surface area contributed by atoms with E-state index in [9.17, 15) is 9.59 Å². The minimum Gasteiger partial charge on any atom is -0.480 e. The largest absolute Gasteiger partial charge is 0.480 e. The molecular weight excluding hydrogens is 248 g/mol. The maximum Gasteiger partial charge on any atom is 0.322 e. The summed E-state index contributed by atoms with van der Waals surface area (Å²) in [7, 11) is 0. The van der Waals surface area contributed by atoms with Gasteiger partial charge in [0.25, 0.3) is 5.91 Å². The van der Waals surface area contributed by atoms with Crippen LogP contribution in [0.4, 0.5) is 0 Å². The fraction of sp³-hybridized carbons (Fsp3) is 0.154. The molecule has 0 aliphatic rings. The minimum atomic E-state index is -1.12. The Labute approximate surface area is 109 Å². The smallest absolute Gasteiger partial charge is 0.322 e. The number of hydrogen-bond acceptors (Lipinski definition) is 4. The third kappa shape index (κ3) is 2.98. The van der Waals surface area contributed by atoms with Crippen LogP contribution in [0.3, 0.4) is 0 Å². The Morgan fingerprint density at radius 2 is 2.00 bits per heavy atom. The minimum absolute atomic E-state index is 0.0742. The Kier molecular flexibility index (Phi) is 3.61. The van der Waals surface area contributed by atoms with Gasteiger partial charge in [-0.3, -0.25) is 9.59 Å². The molecule has 2 N–H and O–H groups in total. The lowest BCUT2D eigenvalue weighted by molar-refractivity contribution is -0.135. The number of nitrogens with zero attached hydrogens (tertiary/aromatic N) is 1. The Bertz CT molecular complexity index is 601. The third-order valence-electron chi connectivity index (χ3n) is 2.50. The average Bonchev–Trinajstić information content (AvgIpc) is 2.86. The molecule has 0 saturated carbocycles. The predicted molar refractivity (Wildman–Crippen MR) is 66.6 cm³/mol. The number of carboxylic acid groups (broad SMARTS) is 1. The summed E-state index contributed by atoms with van der Waals surface area (Å²) in [6.07, 6.45) is 1.16. The van der Waals surface area contributed by atoms with Crippen molar-refractivity contribution in [3.63, 3.8) is 0 Å². The van der Waals surface area contributed by atoms with E-state index < -0.39 is 18.4 Å². The first-order valence-corrected chi connectivity index (χ1v) is 5.58. The lowest BCUT2D eigenvalue weighted by Gasteiger charge is -2.02. The van der Waals surface area contributed by atoms with Crippen molar-refractivity contribution in [1.29, 1.82) is 0 Å². The molecule has 1 aromatic carbocycles. The Balaban J connectivity index is 2.24. The molecule has 0 atom stereocenters. The van der Waals surface area contributed by atoms with Crippen LogP contribution in [0.1, 0.15) is 16.1 Å². The predicted octanol–water partition coefficient (Wildman–Crippen LogP) is 1.46. The number of amides is 1. The molecule has 0 aliphatic heterocycles. The summed E-state index contributed by atoms with van der Waals surface area (Å²) in [5.41, 5.74) is 1.87. The Morgan fingerprint density at radius 3 is 2.63 bits per heavy atom. The van der Waals surface area contributed by atoms with Crippen LogP contribution < -0.4 is 5.32 Å². The molecule has 19 heavy (non-hydrogen) atoms. The van der Waals surface area contributed by atoms with Gasteiger partial charge in [0.15, 0.2) is 17.8 Å². The number of nitrogens with one attached hydrogen (secondary N) is 1. The molecule has 2 aromatic rings. The summed E-state index contributed by atoms with van der Waals surface area (Å²) in [5, 5.41) is 10.8. The normalized spacial score (nSPS) is 10.2. The van der Waals surface area contributed by atoms with E-state index in [1.54, 1.807) is 0 Å². The lowest BCUT2D eigenvalue weighted by atomic mass is 10.1. The van der Waals surface area contributed by atoms with Crippen molar-refractivity contribution in [2.24, 2.45) is 0 Å². The van der Waals surface area contributed by atoms with Gasteiger partial charge in [0.2, 0.25) is 0 Å². The zero-order chi connectivity index (χ0) is 13.8. The molecule has 0 aliphatic carbocycles. The van der Waals surface area contributed by atoms with Crippen molar-refractivity contribution in [3.8, 4) is 11.3 Å². The lowest BCUT2D eigenvalue weighted by Crippen LogP contribution is -2.29. The number of aryl methyl sites for hydroxylation is 1. The van der Waals surface area contributed by atoms with E-state index in [0.29, 0.717) is 11.3 Å². The van der Waals surface area contributed by atoms with E-state index in [4.69, 9.17) is 9.52 Å². The fourth-order valence-corrected chi connectivity index (χ4v) is 1.56. The van der Waals surface area contributed by atoms with Crippen molar-refractivity contribution in [2.45, 2.75) is 6.92 Å². The highest BCUT2D eigenvalue weighted by atomic mass is 16.4. The van der Waals surface area contributed by atoms with E-state index in [0.717, 1.165) is 12.0 Å². The van der Waals surface area contributed by atoms with Gasteiger partial charge in [-0.25, -0.2) is 4.98 Å². The second kappa shape index (κ2) is 5.34. The second-order valence-electron chi connectivity index (χ2n) is 3.97. The Morgan fingerprint density at radius 1 is 1.32 bits per heavy atom. The zero-order valence-electron chi connectivity index (χ0n) is 10.2. The quantitative estimate of drug-likeness (QED) is 0.868. The topological polar surface area (TPSA) is 92.4 Å². The van der Waals surface area contributed by atoms with Crippen LogP contribution in [0.2, 0.25) is 0 Å². The molecule has 6 nitrogen and oxygen atoms in total. The molecule has 1 amide bonds. The first-order chi connectivity index (χ1) is 9.08. The fourth-order valence-electron chi connectivity index (χ4n) is 1.56. The maximum atomic E-state index is 11.8. The highest BCUT2D eigenvalue weighted by Crippen LogP contribution is 2.23. The molecular formula is C13H12N2O4. The number of oxazole rings is 1. The maximum absolute atomic E-state index is 11.8. The summed E-state index contributed by atoms with van der Waals surface area (Å²) in [6.45, 7) is 1.49. The van der Waals surface area contributed by atoms with Gasteiger partial charge in [0.05, 0.1) is 0 Å². The van der Waals surface area contributed by atoms with Gasteiger partial charge in [-0.15, -0.1) is 0 Å². The molecule has 6 heteroatoms. The summed E-state index contributed by atoms with van der Waals surface area (Å²) < 4.78 is 5.20. The summed E-state index contributed by atoms with van der Waals surface area (Å²) in [5.74, 6) is -1.37. The first kappa shape index (κ1) is 12.8. The molecule has 0 saturated heterocycles. The number of carbonyl (C=O) groups is 2. The second-order valence-corrected chi connectivity index (χ2v) is 3.97. The highest BCUT2D eigenvalue weighted by molar-refractivity contribution is 5.98. The summed E-state index contributed by atoms with van der Waals surface area (Å²) in [6, 6.07) is 7.39. The van der Waals surface area contributed by atoms with Crippen molar-refractivity contribution in [1.82, 2.24) is 10.3 Å². The van der Waals surface area contributed by atoms with Crippen molar-refractivity contribution in [3.05, 3.63) is 41.9 Å². The van der Waals surface area contributed by atoms with Gasteiger partial charge >= 0.3 is 5.97 Å². The number of carboxylic acids is 1. The van der Waals surface area contributed by atoms with Gasteiger partial charge in [0, 0.05) is 5.56 Å². The molecule has 0 fully saturated rings. The zero-order valence-corrected chi connectivity index (χ0v) is 10.2. The van der Waals surface area contributed by atoms with Gasteiger partial charge in [0.1, 0.15) is 6.54 Å². The monoisotopic (exact) mass is 260 g/mol. The van der Waals surface area contributed by atoms with E-state index in [1.165, 1.54) is 0 Å². The average molecular weight is 260 g/mol. The van der Waals surface area contributed by atoms with Crippen molar-refractivity contribution in [2.75, 3.05) is 6.54 Å². The number of hydrogen-bond donors (Lipinski definition) is 2. The molecule has 1 heterocycles. The number of rotatable bonds is 4. The standard InChI is InChI=1S/C13H12N2O4/c1-8-2-4-9(5-3-8)12-11(15-7-19-12)13(18)14-6-10(16)17/h2-5,7H,6H2,1H3,(H,14,18)(H,16,17). The molecule has 1 aromatic heterocycles. The number of aliphatic carboxylic acids is 1. The summed E-state index contributed by atoms with van der Waals surface area (Å²) in [4.78, 5) is 26.0. The molecule has 0 radical (unpaired) electrons. The number of aromatic nitrogens is 1. The van der Waals surface area contributed by atoms with Crippen molar-refractivity contribution < 1.29 is 19.1 Å². The SMILES string of the molecule is Cc1ccc(-c2ocnc2C(=O)NCC(=O)O)cc1. The van der Waals surface area contributed by atoms with E-state index in [1.807, 2.05) is 31.2 Å². The molecule has 98 valence electrons. The molecule has 0 unspecified atom stereocenters. The van der Waals surface area contributed by atoms with Crippen LogP contribution in [-0.2, 0) is 4.79 Å². The molecule has 2 rings (SSSR count). The van der Waals surface area contributed by atoms with Gasteiger partial charge in [-0.2, -0.15) is 0 Å². The van der Waals surface area contributed by atoms with Crippen LogP contribution in [-0.4, -0.2) is 28.5 Å². The van der Waals surface area contributed by atoms with Crippen LogP contribution in [0.15, 0.2) is 35.1 Å². The van der Waals surface area contributed by atoms with E-state index >= 15 is 0 Å². The number of benzene rings is 1. The number of carbonyl (C=O) groups excluding carboxylic acids is 1. The first-order valence-electron chi connectivity index (χ1n) is 5.58. The van der Waals surface area contributed by atoms with Crippen LogP contribution in [0.25, 0.3) is 11.3 Å².